The van der Waals surface area contributed by atoms with Crippen molar-refractivity contribution < 1.29 is 4.74 Å². The van der Waals surface area contributed by atoms with Crippen molar-refractivity contribution >= 4 is 68.0 Å². The number of aromatic nitrogens is 3. The molecule has 10 rings (SSSR count). The number of fused-ring (bicyclic) bond motifs is 5. The first-order valence-corrected chi connectivity index (χ1v) is 19.4. The van der Waals surface area contributed by atoms with Gasteiger partial charge in [-0.25, -0.2) is 4.98 Å². The summed E-state index contributed by atoms with van der Waals surface area (Å²) < 4.78 is 9.29. The first kappa shape index (κ1) is 33.9. The quantitative estimate of drug-likeness (QED) is 0.166. The van der Waals surface area contributed by atoms with E-state index < -0.39 is 0 Å². The number of nitrogens with zero attached hydrogens (tertiary/aromatic N) is 3. The van der Waals surface area contributed by atoms with Gasteiger partial charge in [0.15, 0.2) is 0 Å². The highest BCUT2D eigenvalue weighted by Gasteiger charge is 2.42. The summed E-state index contributed by atoms with van der Waals surface area (Å²) in [5.74, 6) is 2.41. The fourth-order valence-corrected chi connectivity index (χ4v) is 9.42. The number of pyridine rings is 2. The van der Waals surface area contributed by atoms with E-state index in [4.69, 9.17) is 14.7 Å². The standard InChI is InChI=1S/C50H39B2N3O/c1-32-15-13-16-33(2)48(32)51-41-20-6-7-21-42(41)52(49-34(3)17-14-18-35(49)4)50-40(44-22-9-11-27-53-44)29-37(30-43(50)51)56-36-25-26-39-38-19-5-8-23-45(38)55(46(39)31-36)47-24-10-12-28-54-47/h5-31H,1-4H3. The smallest absolute Gasteiger partial charge is 0.241 e. The predicted octanol–water partition coefficient (Wildman–Crippen LogP) is 7.61. The molecule has 56 heavy (non-hydrogen) atoms. The molecule has 3 aromatic heterocycles. The van der Waals surface area contributed by atoms with Crippen LogP contribution in [0.15, 0.2) is 164 Å². The fraction of sp³-hybridized carbons (Fsp3) is 0.0800. The van der Waals surface area contributed by atoms with Crippen molar-refractivity contribution in [2.24, 2.45) is 0 Å². The van der Waals surface area contributed by atoms with Crippen molar-refractivity contribution in [2.45, 2.75) is 27.7 Å². The number of ether oxygens (including phenoxy) is 1. The lowest BCUT2D eigenvalue weighted by Gasteiger charge is -2.36. The van der Waals surface area contributed by atoms with Crippen LogP contribution in [-0.4, -0.2) is 28.0 Å². The third-order valence-electron chi connectivity index (χ3n) is 11.8. The van der Waals surface area contributed by atoms with E-state index in [0.717, 1.165) is 45.0 Å². The van der Waals surface area contributed by atoms with E-state index in [-0.39, 0.29) is 13.4 Å². The number of hydrogen-bond donors (Lipinski definition) is 0. The van der Waals surface area contributed by atoms with Crippen LogP contribution in [0.3, 0.4) is 0 Å². The zero-order valence-electron chi connectivity index (χ0n) is 32.0. The van der Waals surface area contributed by atoms with Crippen molar-refractivity contribution in [2.75, 3.05) is 0 Å². The van der Waals surface area contributed by atoms with Gasteiger partial charge in [-0.05, 0) is 87.9 Å². The summed E-state index contributed by atoms with van der Waals surface area (Å²) in [7, 11) is 0. The van der Waals surface area contributed by atoms with E-state index in [2.05, 4.69) is 166 Å². The van der Waals surface area contributed by atoms with Crippen molar-refractivity contribution in [1.29, 1.82) is 0 Å². The Labute approximate surface area is 328 Å². The molecule has 0 unspecified atom stereocenters. The summed E-state index contributed by atoms with van der Waals surface area (Å²) in [6.07, 6.45) is 3.74. The van der Waals surface area contributed by atoms with E-state index in [9.17, 15) is 0 Å². The molecule has 0 saturated carbocycles. The van der Waals surface area contributed by atoms with Crippen LogP contribution >= 0.6 is 0 Å². The molecule has 1 aliphatic rings. The van der Waals surface area contributed by atoms with Gasteiger partial charge in [-0.15, -0.1) is 0 Å². The molecule has 4 heterocycles. The van der Waals surface area contributed by atoms with Crippen molar-refractivity contribution in [3.8, 4) is 28.6 Å². The number of hydrogen-bond acceptors (Lipinski definition) is 3. The lowest BCUT2D eigenvalue weighted by atomic mass is 9.20. The van der Waals surface area contributed by atoms with Crippen LogP contribution in [0, 0.1) is 27.7 Å². The van der Waals surface area contributed by atoms with E-state index >= 15 is 0 Å². The van der Waals surface area contributed by atoms with Crippen LogP contribution in [-0.2, 0) is 0 Å². The Balaban J connectivity index is 1.25. The van der Waals surface area contributed by atoms with Gasteiger partial charge in [0.1, 0.15) is 17.3 Å². The van der Waals surface area contributed by atoms with Gasteiger partial charge in [0.25, 0.3) is 0 Å². The molecule has 9 aromatic rings. The zero-order valence-corrected chi connectivity index (χ0v) is 32.0. The van der Waals surface area contributed by atoms with Crippen molar-refractivity contribution in [3.63, 3.8) is 0 Å². The van der Waals surface area contributed by atoms with E-state index in [1.54, 1.807) is 0 Å². The highest BCUT2D eigenvalue weighted by molar-refractivity contribution is 7.12. The number of aryl methyl sites for hydroxylation is 4. The molecule has 0 amide bonds. The maximum atomic E-state index is 7.06. The van der Waals surface area contributed by atoms with Crippen LogP contribution in [0.25, 0.3) is 38.9 Å². The highest BCUT2D eigenvalue weighted by atomic mass is 16.5. The Morgan fingerprint density at radius 3 is 1.73 bits per heavy atom. The van der Waals surface area contributed by atoms with E-state index in [0.29, 0.717) is 0 Å². The topological polar surface area (TPSA) is 39.9 Å². The molecule has 0 fully saturated rings. The second-order valence-corrected chi connectivity index (χ2v) is 15.1. The molecule has 0 atom stereocenters. The molecule has 0 aliphatic carbocycles. The fourth-order valence-electron chi connectivity index (χ4n) is 9.42. The third kappa shape index (κ3) is 5.47. The van der Waals surface area contributed by atoms with Gasteiger partial charge in [0.05, 0.1) is 16.7 Å². The molecule has 6 aromatic carbocycles. The van der Waals surface area contributed by atoms with Crippen molar-refractivity contribution in [1.82, 2.24) is 14.5 Å². The molecule has 266 valence electrons. The summed E-state index contributed by atoms with van der Waals surface area (Å²) in [5, 5.41) is 2.33. The van der Waals surface area contributed by atoms with Crippen LogP contribution in [0.4, 0.5) is 0 Å². The molecule has 0 spiro atoms. The lowest BCUT2D eigenvalue weighted by Crippen LogP contribution is -2.76. The molecule has 1 aliphatic heterocycles. The van der Waals surface area contributed by atoms with Gasteiger partial charge >= 0.3 is 0 Å². The van der Waals surface area contributed by atoms with Crippen LogP contribution in [0.2, 0.25) is 0 Å². The molecule has 0 bridgehead atoms. The largest absolute Gasteiger partial charge is 0.457 e. The Hall–Kier alpha value is -6.65. The average Bonchev–Trinajstić information content (AvgIpc) is 3.55. The normalized spacial score (nSPS) is 12.2. The minimum Gasteiger partial charge on any atom is -0.457 e. The van der Waals surface area contributed by atoms with Crippen LogP contribution in [0.1, 0.15) is 22.3 Å². The van der Waals surface area contributed by atoms with Gasteiger partial charge in [-0.2, -0.15) is 0 Å². The molecule has 4 nitrogen and oxygen atoms in total. The zero-order chi connectivity index (χ0) is 37.9. The second-order valence-electron chi connectivity index (χ2n) is 15.1. The molecular weight excluding hydrogens is 680 g/mol. The first-order valence-electron chi connectivity index (χ1n) is 19.4. The second kappa shape index (κ2) is 13.6. The summed E-state index contributed by atoms with van der Waals surface area (Å²) in [6.45, 7) is 8.99. The van der Waals surface area contributed by atoms with E-state index in [1.165, 1.54) is 60.4 Å². The van der Waals surface area contributed by atoms with Gasteiger partial charge in [-0.3, -0.25) is 9.55 Å². The summed E-state index contributed by atoms with van der Waals surface area (Å²) in [4.78, 5) is 9.77. The van der Waals surface area contributed by atoms with E-state index in [1.807, 2.05) is 30.6 Å². The SMILES string of the molecule is Cc1cccc(C)c1B1c2ccccc2B(c2c(C)cccc2C)c2c1cc(Oc1ccc3c4ccccc4n(-c4ccccn4)c3c1)cc2-c1ccccn1. The summed E-state index contributed by atoms with van der Waals surface area (Å²) in [6, 6.07) is 54.1. The Morgan fingerprint density at radius 2 is 1.05 bits per heavy atom. The van der Waals surface area contributed by atoms with Gasteiger partial charge in [0, 0.05) is 29.2 Å². The number of para-hydroxylation sites is 1. The number of benzene rings is 6. The Kier molecular flexibility index (Phi) is 8.22. The monoisotopic (exact) mass is 719 g/mol. The van der Waals surface area contributed by atoms with Gasteiger partial charge in [0.2, 0.25) is 13.4 Å². The molecular formula is C50H39B2N3O. The average molecular weight is 720 g/mol. The minimum absolute atomic E-state index is 0.000500. The first-order chi connectivity index (χ1) is 27.5. The molecule has 6 heteroatoms. The minimum atomic E-state index is -0.0110. The highest BCUT2D eigenvalue weighted by Crippen LogP contribution is 2.35. The van der Waals surface area contributed by atoms with Crippen LogP contribution in [0.5, 0.6) is 11.5 Å². The predicted molar refractivity (Wildman–Crippen MR) is 236 cm³/mol. The molecule has 0 radical (unpaired) electrons. The van der Waals surface area contributed by atoms with Gasteiger partial charge < -0.3 is 4.74 Å². The number of rotatable bonds is 6. The molecule has 0 N–H and O–H groups in total. The van der Waals surface area contributed by atoms with Crippen molar-refractivity contribution in [3.05, 3.63) is 186 Å². The lowest BCUT2D eigenvalue weighted by molar-refractivity contribution is 0.484. The summed E-state index contributed by atoms with van der Waals surface area (Å²) in [5.41, 5.74) is 17.2. The molecule has 0 saturated heterocycles. The Morgan fingerprint density at radius 1 is 0.446 bits per heavy atom. The van der Waals surface area contributed by atoms with Crippen LogP contribution < -0.4 is 37.5 Å². The summed E-state index contributed by atoms with van der Waals surface area (Å²) >= 11 is 0. The maximum absolute atomic E-state index is 7.06. The Bertz CT molecular complexity index is 2920. The maximum Gasteiger partial charge on any atom is 0.241 e. The van der Waals surface area contributed by atoms with Gasteiger partial charge in [-0.1, -0.05) is 146 Å². The third-order valence-corrected chi connectivity index (χ3v) is 11.8.